The lowest BCUT2D eigenvalue weighted by Gasteiger charge is -2.43. The predicted octanol–water partition coefficient (Wildman–Crippen LogP) is 4.63. The summed E-state index contributed by atoms with van der Waals surface area (Å²) < 4.78 is 10.5. The Labute approximate surface area is 178 Å². The number of carbonyl (C=O) groups excluding carboxylic acids is 2. The average molecular weight is 410 g/mol. The highest BCUT2D eigenvalue weighted by molar-refractivity contribution is 5.94. The number of esters is 1. The summed E-state index contributed by atoms with van der Waals surface area (Å²) in [6.07, 6.45) is 3.54. The molecule has 2 aromatic carbocycles. The van der Waals surface area contributed by atoms with Crippen molar-refractivity contribution < 1.29 is 19.1 Å². The van der Waals surface area contributed by atoms with E-state index >= 15 is 0 Å². The molecule has 3 rings (SSSR count). The third-order valence-electron chi connectivity index (χ3n) is 5.58. The first kappa shape index (κ1) is 21.9. The van der Waals surface area contributed by atoms with Crippen LogP contribution in [-0.4, -0.2) is 31.1 Å². The van der Waals surface area contributed by atoms with Gasteiger partial charge in [0, 0.05) is 17.5 Å². The first-order valence-corrected chi connectivity index (χ1v) is 10.5. The highest BCUT2D eigenvalue weighted by Gasteiger charge is 2.40. The van der Waals surface area contributed by atoms with Gasteiger partial charge >= 0.3 is 5.97 Å². The highest BCUT2D eigenvalue weighted by atomic mass is 16.6. The minimum atomic E-state index is -0.516. The molecular weight excluding hydrogens is 378 g/mol. The summed E-state index contributed by atoms with van der Waals surface area (Å²) >= 11 is 0. The van der Waals surface area contributed by atoms with Gasteiger partial charge in [0.2, 0.25) is 0 Å². The van der Waals surface area contributed by atoms with Gasteiger partial charge in [0.05, 0.1) is 13.5 Å². The number of nitrogens with one attached hydrogen (secondary N) is 1. The quantitative estimate of drug-likeness (QED) is 0.678. The van der Waals surface area contributed by atoms with E-state index in [1.54, 1.807) is 7.11 Å². The SMILES string of the molecule is COc1ccc(C2(c3ccc(C(=O)NCCC(=O)OC(C)(C)C)cc3)CCC2)cc1. The van der Waals surface area contributed by atoms with Crippen LogP contribution in [0.1, 0.15) is 67.9 Å². The molecule has 1 fully saturated rings. The molecule has 1 N–H and O–H groups in total. The molecule has 0 bridgehead atoms. The Morgan fingerprint density at radius 3 is 2.00 bits per heavy atom. The van der Waals surface area contributed by atoms with Crippen molar-refractivity contribution in [1.29, 1.82) is 0 Å². The molecule has 5 nitrogen and oxygen atoms in total. The minimum Gasteiger partial charge on any atom is -0.497 e. The van der Waals surface area contributed by atoms with Gasteiger partial charge < -0.3 is 14.8 Å². The Kier molecular flexibility index (Phi) is 6.49. The fourth-order valence-corrected chi connectivity index (χ4v) is 3.90. The second-order valence-electron chi connectivity index (χ2n) is 8.83. The lowest BCUT2D eigenvalue weighted by molar-refractivity contribution is -0.154. The monoisotopic (exact) mass is 409 g/mol. The first-order chi connectivity index (χ1) is 14.2. The van der Waals surface area contributed by atoms with Gasteiger partial charge in [0.15, 0.2) is 0 Å². The maximum absolute atomic E-state index is 12.4. The van der Waals surface area contributed by atoms with Gasteiger partial charge in [-0.1, -0.05) is 30.7 Å². The fourth-order valence-electron chi connectivity index (χ4n) is 3.90. The van der Waals surface area contributed by atoms with Crippen molar-refractivity contribution in [2.75, 3.05) is 13.7 Å². The summed E-state index contributed by atoms with van der Waals surface area (Å²) in [6.45, 7) is 5.73. The smallest absolute Gasteiger partial charge is 0.308 e. The van der Waals surface area contributed by atoms with Gasteiger partial charge in [-0.3, -0.25) is 9.59 Å². The molecule has 2 aromatic rings. The van der Waals surface area contributed by atoms with E-state index in [0.29, 0.717) is 5.56 Å². The van der Waals surface area contributed by atoms with Crippen LogP contribution in [0.3, 0.4) is 0 Å². The summed E-state index contributed by atoms with van der Waals surface area (Å²) in [5.74, 6) is 0.355. The summed E-state index contributed by atoms with van der Waals surface area (Å²) in [5.41, 5.74) is 2.59. The van der Waals surface area contributed by atoms with E-state index in [1.165, 1.54) is 17.5 Å². The Hall–Kier alpha value is -2.82. The van der Waals surface area contributed by atoms with E-state index < -0.39 is 5.60 Å². The van der Waals surface area contributed by atoms with Crippen molar-refractivity contribution in [3.8, 4) is 5.75 Å². The van der Waals surface area contributed by atoms with Crippen molar-refractivity contribution >= 4 is 11.9 Å². The fraction of sp³-hybridized carbons (Fsp3) is 0.440. The maximum atomic E-state index is 12.4. The largest absolute Gasteiger partial charge is 0.497 e. The van der Waals surface area contributed by atoms with Crippen LogP contribution in [0, 0.1) is 0 Å². The second-order valence-corrected chi connectivity index (χ2v) is 8.83. The Morgan fingerprint density at radius 2 is 1.53 bits per heavy atom. The highest BCUT2D eigenvalue weighted by Crippen LogP contribution is 2.49. The number of amides is 1. The van der Waals surface area contributed by atoms with Crippen molar-refractivity contribution in [2.45, 2.75) is 57.5 Å². The van der Waals surface area contributed by atoms with Crippen molar-refractivity contribution in [3.63, 3.8) is 0 Å². The van der Waals surface area contributed by atoms with Gasteiger partial charge in [-0.25, -0.2) is 0 Å². The third-order valence-corrected chi connectivity index (χ3v) is 5.58. The number of methoxy groups -OCH3 is 1. The van der Waals surface area contributed by atoms with Gasteiger partial charge in [0.1, 0.15) is 11.4 Å². The van der Waals surface area contributed by atoms with E-state index in [0.717, 1.165) is 18.6 Å². The normalized spacial score (nSPS) is 15.1. The molecule has 1 amide bonds. The van der Waals surface area contributed by atoms with Gasteiger partial charge in [-0.05, 0) is 69.0 Å². The van der Waals surface area contributed by atoms with E-state index in [9.17, 15) is 9.59 Å². The zero-order chi connectivity index (χ0) is 21.8. The average Bonchev–Trinajstić information content (AvgIpc) is 2.67. The minimum absolute atomic E-state index is 0.0119. The van der Waals surface area contributed by atoms with E-state index in [4.69, 9.17) is 9.47 Å². The van der Waals surface area contributed by atoms with E-state index in [1.807, 2.05) is 57.2 Å². The molecular formula is C25H31NO4. The van der Waals surface area contributed by atoms with E-state index in [2.05, 4.69) is 17.4 Å². The van der Waals surface area contributed by atoms with Crippen LogP contribution in [0.25, 0.3) is 0 Å². The van der Waals surface area contributed by atoms with Gasteiger partial charge in [0.25, 0.3) is 5.91 Å². The molecule has 0 saturated heterocycles. The predicted molar refractivity (Wildman–Crippen MR) is 117 cm³/mol. The molecule has 5 heteroatoms. The number of benzene rings is 2. The Morgan fingerprint density at radius 1 is 0.967 bits per heavy atom. The number of hydrogen-bond acceptors (Lipinski definition) is 4. The van der Waals surface area contributed by atoms with E-state index in [-0.39, 0.29) is 30.3 Å². The Bertz CT molecular complexity index is 875. The third kappa shape index (κ3) is 5.02. The molecule has 0 atom stereocenters. The molecule has 0 heterocycles. The van der Waals surface area contributed by atoms with Crippen LogP contribution < -0.4 is 10.1 Å². The lowest BCUT2D eigenvalue weighted by Crippen LogP contribution is -2.35. The van der Waals surface area contributed by atoms with Crippen LogP contribution >= 0.6 is 0 Å². The number of hydrogen-bond donors (Lipinski definition) is 1. The van der Waals surface area contributed by atoms with Gasteiger partial charge in [-0.15, -0.1) is 0 Å². The molecule has 30 heavy (non-hydrogen) atoms. The molecule has 160 valence electrons. The molecule has 0 spiro atoms. The van der Waals surface area contributed by atoms with Crippen LogP contribution in [0.5, 0.6) is 5.75 Å². The summed E-state index contributed by atoms with van der Waals surface area (Å²) in [6, 6.07) is 16.1. The molecule has 0 aliphatic heterocycles. The summed E-state index contributed by atoms with van der Waals surface area (Å²) in [4.78, 5) is 24.2. The zero-order valence-electron chi connectivity index (χ0n) is 18.3. The number of rotatable bonds is 7. The van der Waals surface area contributed by atoms with Crippen LogP contribution in [-0.2, 0) is 14.9 Å². The van der Waals surface area contributed by atoms with Crippen LogP contribution in [0.15, 0.2) is 48.5 Å². The second kappa shape index (κ2) is 8.90. The summed E-state index contributed by atoms with van der Waals surface area (Å²) in [7, 11) is 1.67. The molecule has 1 saturated carbocycles. The topological polar surface area (TPSA) is 64.6 Å². The van der Waals surface area contributed by atoms with Crippen molar-refractivity contribution in [3.05, 3.63) is 65.2 Å². The first-order valence-electron chi connectivity index (χ1n) is 10.5. The molecule has 1 aliphatic carbocycles. The Balaban J connectivity index is 1.62. The van der Waals surface area contributed by atoms with Crippen molar-refractivity contribution in [1.82, 2.24) is 5.32 Å². The molecule has 0 aromatic heterocycles. The maximum Gasteiger partial charge on any atom is 0.308 e. The van der Waals surface area contributed by atoms with Crippen molar-refractivity contribution in [2.24, 2.45) is 0 Å². The van der Waals surface area contributed by atoms with Crippen LogP contribution in [0.4, 0.5) is 0 Å². The standard InChI is InChI=1S/C25H31NO4/c1-24(2,3)30-22(27)14-17-26-23(28)18-6-8-19(9-7-18)25(15-5-16-25)20-10-12-21(29-4)13-11-20/h6-13H,5,14-17H2,1-4H3,(H,26,28). The zero-order valence-corrected chi connectivity index (χ0v) is 18.3. The molecule has 1 aliphatic rings. The van der Waals surface area contributed by atoms with Crippen LogP contribution in [0.2, 0.25) is 0 Å². The molecule has 0 radical (unpaired) electrons. The molecule has 0 unspecified atom stereocenters. The summed E-state index contributed by atoms with van der Waals surface area (Å²) in [5, 5.41) is 2.79. The number of ether oxygens (including phenoxy) is 2. The van der Waals surface area contributed by atoms with Gasteiger partial charge in [-0.2, -0.15) is 0 Å². The number of carbonyl (C=O) groups is 2. The lowest BCUT2D eigenvalue weighted by atomic mass is 9.60.